The Morgan fingerprint density at radius 2 is 2.09 bits per heavy atom. The number of unbranched alkanes of at least 4 members (excludes halogenated alkanes) is 3. The first-order chi connectivity index (χ1) is 11.2. The zero-order valence-electron chi connectivity index (χ0n) is 13.5. The van der Waals surface area contributed by atoms with Crippen molar-refractivity contribution in [3.05, 3.63) is 51.4 Å². The van der Waals surface area contributed by atoms with Crippen molar-refractivity contribution in [2.24, 2.45) is 0 Å². The fourth-order valence-corrected chi connectivity index (χ4v) is 5.32. The molecular weight excluding hydrogens is 436 g/mol. The molecule has 0 N–H and O–H groups in total. The Kier molecular flexibility index (Phi) is 8.77. The Bertz CT molecular complexity index is 572. The number of hydrogen-bond donors (Lipinski definition) is 0. The van der Waals surface area contributed by atoms with E-state index in [1.807, 2.05) is 18.7 Å². The fourth-order valence-electron chi connectivity index (χ4n) is 2.53. The zero-order chi connectivity index (χ0) is 16.5. The van der Waals surface area contributed by atoms with E-state index in [4.69, 9.17) is 0 Å². The number of rotatable bonds is 10. The Morgan fingerprint density at radius 3 is 2.78 bits per heavy atom. The van der Waals surface area contributed by atoms with Gasteiger partial charge in [-0.1, -0.05) is 64.1 Å². The molecule has 1 aromatic carbocycles. The Hall–Kier alpha value is -0.260. The number of benzene rings is 1. The van der Waals surface area contributed by atoms with Crippen LogP contribution < -0.4 is 0 Å². The van der Waals surface area contributed by atoms with Crippen molar-refractivity contribution < 1.29 is 0 Å². The second kappa shape index (κ2) is 10.6. The Labute approximate surface area is 160 Å². The third-order valence-electron chi connectivity index (χ3n) is 3.83. The number of imidazole rings is 1. The monoisotopic (exact) mass is 458 g/mol. The molecule has 2 aromatic rings. The summed E-state index contributed by atoms with van der Waals surface area (Å²) in [4.78, 5) is 4.14. The van der Waals surface area contributed by atoms with E-state index in [0.717, 1.165) is 17.4 Å². The minimum Gasteiger partial charge on any atom is -0.337 e. The topological polar surface area (TPSA) is 17.8 Å². The van der Waals surface area contributed by atoms with E-state index in [1.165, 1.54) is 41.5 Å². The third kappa shape index (κ3) is 6.63. The number of aromatic nitrogens is 2. The van der Waals surface area contributed by atoms with Gasteiger partial charge in [0, 0.05) is 33.1 Å². The summed E-state index contributed by atoms with van der Waals surface area (Å²) in [6, 6.07) is 6.53. The average Bonchev–Trinajstić information content (AvgIpc) is 3.04. The lowest BCUT2D eigenvalue weighted by molar-refractivity contribution is 0.632. The molecule has 1 atom stereocenters. The van der Waals surface area contributed by atoms with Gasteiger partial charge in [0.25, 0.3) is 0 Å². The summed E-state index contributed by atoms with van der Waals surface area (Å²) < 4.78 is 4.48. The van der Waals surface area contributed by atoms with Crippen LogP contribution in [0.1, 0.15) is 49.8 Å². The van der Waals surface area contributed by atoms with Crippen LogP contribution in [0.4, 0.5) is 0 Å². The Morgan fingerprint density at radius 1 is 1.22 bits per heavy atom. The first kappa shape index (κ1) is 19.1. The molecule has 0 radical (unpaired) electrons. The first-order valence-electron chi connectivity index (χ1n) is 8.23. The summed E-state index contributed by atoms with van der Waals surface area (Å²) in [5.41, 5.74) is 1.40. The van der Waals surface area contributed by atoms with Crippen molar-refractivity contribution in [2.45, 2.75) is 50.8 Å². The van der Waals surface area contributed by atoms with Gasteiger partial charge in [0.15, 0.2) is 0 Å². The van der Waals surface area contributed by atoms with Gasteiger partial charge in [-0.2, -0.15) is 11.8 Å². The highest BCUT2D eigenvalue weighted by molar-refractivity contribution is 9.11. The van der Waals surface area contributed by atoms with Gasteiger partial charge in [0.2, 0.25) is 0 Å². The van der Waals surface area contributed by atoms with E-state index in [1.54, 1.807) is 0 Å². The molecule has 1 unspecified atom stereocenters. The van der Waals surface area contributed by atoms with Crippen LogP contribution in [0.3, 0.4) is 0 Å². The molecule has 2 rings (SSSR count). The Balaban J connectivity index is 1.97. The molecule has 0 aliphatic carbocycles. The predicted octanol–water partition coefficient (Wildman–Crippen LogP) is 6.85. The molecule has 0 bridgehead atoms. The van der Waals surface area contributed by atoms with Crippen LogP contribution in [0.5, 0.6) is 0 Å². The smallest absolute Gasteiger partial charge is 0.0945 e. The minimum absolute atomic E-state index is 0.515. The zero-order valence-corrected chi connectivity index (χ0v) is 17.5. The van der Waals surface area contributed by atoms with E-state index < -0.39 is 0 Å². The van der Waals surface area contributed by atoms with Gasteiger partial charge in [-0.3, -0.25) is 0 Å². The van der Waals surface area contributed by atoms with Gasteiger partial charge in [-0.05, 0) is 36.3 Å². The van der Waals surface area contributed by atoms with Crippen LogP contribution >= 0.6 is 43.6 Å². The summed E-state index contributed by atoms with van der Waals surface area (Å²) in [7, 11) is 0. The molecular formula is C18H24Br2N2S. The minimum atomic E-state index is 0.515. The molecule has 5 heteroatoms. The highest BCUT2D eigenvalue weighted by Gasteiger charge is 2.15. The van der Waals surface area contributed by atoms with Crippen molar-refractivity contribution in [2.75, 3.05) is 5.75 Å². The van der Waals surface area contributed by atoms with Gasteiger partial charge in [-0.25, -0.2) is 4.98 Å². The maximum atomic E-state index is 4.14. The van der Waals surface area contributed by atoms with Crippen molar-refractivity contribution in [1.82, 2.24) is 9.55 Å². The molecule has 23 heavy (non-hydrogen) atoms. The van der Waals surface area contributed by atoms with Crippen LogP contribution in [0.25, 0.3) is 0 Å². The number of aryl methyl sites for hydroxylation is 1. The number of hydrogen-bond acceptors (Lipinski definition) is 2. The fraction of sp³-hybridized carbons (Fsp3) is 0.500. The molecule has 0 amide bonds. The maximum absolute atomic E-state index is 4.14. The first-order valence-corrected chi connectivity index (χ1v) is 10.9. The normalized spacial score (nSPS) is 12.5. The molecule has 0 spiro atoms. The van der Waals surface area contributed by atoms with Gasteiger partial charge < -0.3 is 4.57 Å². The van der Waals surface area contributed by atoms with Crippen LogP contribution in [0.15, 0.2) is 45.9 Å². The predicted molar refractivity (Wildman–Crippen MR) is 108 cm³/mol. The molecule has 126 valence electrons. The number of thioether (sulfide) groups is 1. The van der Waals surface area contributed by atoms with E-state index in [9.17, 15) is 0 Å². The summed E-state index contributed by atoms with van der Waals surface area (Å²) in [6.07, 6.45) is 12.2. The van der Waals surface area contributed by atoms with Gasteiger partial charge in [0.1, 0.15) is 0 Å². The molecule has 0 saturated carbocycles. The number of nitrogens with zero attached hydrogens (tertiary/aromatic N) is 2. The molecule has 1 heterocycles. The van der Waals surface area contributed by atoms with Gasteiger partial charge in [-0.15, -0.1) is 0 Å². The van der Waals surface area contributed by atoms with Crippen molar-refractivity contribution in [1.29, 1.82) is 0 Å². The van der Waals surface area contributed by atoms with E-state index >= 15 is 0 Å². The van der Waals surface area contributed by atoms with Crippen LogP contribution in [0, 0.1) is 0 Å². The highest BCUT2D eigenvalue weighted by atomic mass is 79.9. The SMILES string of the molecule is CCCCCCSC(CCn1ccnc1)c1ccc(Br)cc1Br. The summed E-state index contributed by atoms with van der Waals surface area (Å²) in [5.74, 6) is 1.23. The lowest BCUT2D eigenvalue weighted by Crippen LogP contribution is -2.03. The van der Waals surface area contributed by atoms with Crippen molar-refractivity contribution in [3.63, 3.8) is 0 Å². The van der Waals surface area contributed by atoms with E-state index in [2.05, 4.69) is 78.3 Å². The third-order valence-corrected chi connectivity index (χ3v) is 6.43. The van der Waals surface area contributed by atoms with Crippen LogP contribution in [-0.4, -0.2) is 15.3 Å². The number of halogens is 2. The quantitative estimate of drug-likeness (QED) is 0.361. The summed E-state index contributed by atoms with van der Waals surface area (Å²) >= 11 is 9.37. The van der Waals surface area contributed by atoms with E-state index in [0.29, 0.717) is 5.25 Å². The van der Waals surface area contributed by atoms with Gasteiger partial charge >= 0.3 is 0 Å². The average molecular weight is 460 g/mol. The molecule has 2 nitrogen and oxygen atoms in total. The summed E-state index contributed by atoms with van der Waals surface area (Å²) in [6.45, 7) is 3.27. The summed E-state index contributed by atoms with van der Waals surface area (Å²) in [5, 5.41) is 0.515. The lowest BCUT2D eigenvalue weighted by atomic mass is 10.1. The molecule has 1 aromatic heterocycles. The maximum Gasteiger partial charge on any atom is 0.0945 e. The highest BCUT2D eigenvalue weighted by Crippen LogP contribution is 2.38. The van der Waals surface area contributed by atoms with Crippen LogP contribution in [-0.2, 0) is 6.54 Å². The molecule has 0 fully saturated rings. The second-order valence-electron chi connectivity index (χ2n) is 5.68. The molecule has 0 aliphatic heterocycles. The van der Waals surface area contributed by atoms with Crippen molar-refractivity contribution >= 4 is 43.6 Å². The van der Waals surface area contributed by atoms with Crippen molar-refractivity contribution in [3.8, 4) is 0 Å². The molecule has 0 saturated heterocycles. The van der Waals surface area contributed by atoms with Gasteiger partial charge in [0.05, 0.1) is 6.33 Å². The second-order valence-corrected chi connectivity index (χ2v) is 8.76. The molecule has 0 aliphatic rings. The van der Waals surface area contributed by atoms with Crippen LogP contribution in [0.2, 0.25) is 0 Å². The van der Waals surface area contributed by atoms with E-state index in [-0.39, 0.29) is 0 Å². The standard InChI is InChI=1S/C18H24Br2N2S/c1-2-3-4-5-12-23-18(8-10-22-11-9-21-14-22)16-7-6-15(19)13-17(16)20/h6-7,9,11,13-14,18H,2-5,8,10,12H2,1H3. The lowest BCUT2D eigenvalue weighted by Gasteiger charge is -2.19. The largest absolute Gasteiger partial charge is 0.337 e.